The maximum absolute atomic E-state index is 12.6. The Hall–Kier alpha value is -4.02. The van der Waals surface area contributed by atoms with E-state index in [1.807, 2.05) is 24.3 Å². The number of nitrogens with zero attached hydrogens (tertiary/aromatic N) is 1. The third-order valence-corrected chi connectivity index (χ3v) is 7.15. The summed E-state index contributed by atoms with van der Waals surface area (Å²) in [7, 11) is -2.29. The first kappa shape index (κ1) is 27.0. The van der Waals surface area contributed by atoms with Crippen LogP contribution in [0.5, 0.6) is 11.5 Å². The van der Waals surface area contributed by atoms with E-state index in [0.29, 0.717) is 41.7 Å². The predicted molar refractivity (Wildman–Crippen MR) is 149 cm³/mol. The van der Waals surface area contributed by atoms with Crippen LogP contribution in [0.4, 0.5) is 11.4 Å². The van der Waals surface area contributed by atoms with Gasteiger partial charge in [0, 0.05) is 41.4 Å². The largest absolute Gasteiger partial charge is 0.497 e. The molecule has 0 fully saturated rings. The summed E-state index contributed by atoms with van der Waals surface area (Å²) in [4.78, 5) is 16.5. The number of benzene rings is 3. The second-order valence-electron chi connectivity index (χ2n) is 8.25. The average molecular weight is 555 g/mol. The van der Waals surface area contributed by atoms with Crippen LogP contribution in [0, 0.1) is 0 Å². The fraction of sp³-hybridized carbons (Fsp3) is 0.185. The molecule has 0 aliphatic heterocycles. The summed E-state index contributed by atoms with van der Waals surface area (Å²) in [6.45, 7) is 0.942. The summed E-state index contributed by atoms with van der Waals surface area (Å²) in [6.07, 6.45) is 2.43. The Labute approximate surface area is 226 Å². The smallest absolute Gasteiger partial charge is 0.261 e. The highest BCUT2D eigenvalue weighted by molar-refractivity contribution is 7.92. The van der Waals surface area contributed by atoms with E-state index in [1.54, 1.807) is 30.5 Å². The minimum Gasteiger partial charge on any atom is -0.497 e. The number of ether oxygens (including phenoxy) is 2. The number of halogens is 1. The van der Waals surface area contributed by atoms with Crippen molar-refractivity contribution in [2.75, 3.05) is 36.8 Å². The van der Waals surface area contributed by atoms with E-state index < -0.39 is 10.0 Å². The van der Waals surface area contributed by atoms with Gasteiger partial charge in [0.25, 0.3) is 15.9 Å². The Morgan fingerprint density at radius 1 is 0.974 bits per heavy atom. The zero-order chi connectivity index (χ0) is 27.0. The molecule has 0 unspecified atom stereocenters. The molecule has 198 valence electrons. The van der Waals surface area contributed by atoms with E-state index in [0.717, 1.165) is 16.6 Å². The van der Waals surface area contributed by atoms with Crippen LogP contribution in [0.3, 0.4) is 0 Å². The molecule has 3 N–H and O–H groups in total. The van der Waals surface area contributed by atoms with Gasteiger partial charge in [-0.15, -0.1) is 0 Å². The maximum atomic E-state index is 12.6. The van der Waals surface area contributed by atoms with Crippen LogP contribution in [0.25, 0.3) is 10.9 Å². The van der Waals surface area contributed by atoms with Crippen LogP contribution in [0.2, 0.25) is 5.02 Å². The molecule has 4 rings (SSSR count). The number of pyridine rings is 1. The number of amides is 1. The van der Waals surface area contributed by atoms with E-state index in [2.05, 4.69) is 20.3 Å². The zero-order valence-electron chi connectivity index (χ0n) is 20.6. The van der Waals surface area contributed by atoms with Crippen LogP contribution in [-0.2, 0) is 14.8 Å². The number of nitrogens with one attached hydrogen (secondary N) is 3. The van der Waals surface area contributed by atoms with Gasteiger partial charge < -0.3 is 20.1 Å². The van der Waals surface area contributed by atoms with Gasteiger partial charge in [-0.3, -0.25) is 14.5 Å². The van der Waals surface area contributed by atoms with Crippen molar-refractivity contribution in [2.45, 2.75) is 11.3 Å². The van der Waals surface area contributed by atoms with Crippen molar-refractivity contribution in [1.29, 1.82) is 0 Å². The molecule has 0 aliphatic rings. The van der Waals surface area contributed by atoms with Gasteiger partial charge in [-0.05, 0) is 67.1 Å². The standard InChI is InChI=1S/C27H27ClN4O5S/c1-36-22-5-2-4-20(17-22)32-38(34,35)23-9-7-21(8-10-23)37-18-27(33)31-14-3-13-29-25-12-15-30-26-16-19(28)6-11-24(25)26/h2,4-12,15-17,32H,3,13-14,18H2,1H3,(H,29,30)(H,31,33). The lowest BCUT2D eigenvalue weighted by molar-refractivity contribution is -0.123. The van der Waals surface area contributed by atoms with Crippen molar-refractivity contribution in [2.24, 2.45) is 0 Å². The molecule has 38 heavy (non-hydrogen) atoms. The van der Waals surface area contributed by atoms with E-state index >= 15 is 0 Å². The van der Waals surface area contributed by atoms with Crippen molar-refractivity contribution < 1.29 is 22.7 Å². The van der Waals surface area contributed by atoms with Gasteiger partial charge in [0.15, 0.2) is 6.61 Å². The Kier molecular flexibility index (Phi) is 8.88. The van der Waals surface area contributed by atoms with Gasteiger partial charge >= 0.3 is 0 Å². The van der Waals surface area contributed by atoms with Crippen molar-refractivity contribution in [1.82, 2.24) is 10.3 Å². The fourth-order valence-corrected chi connectivity index (χ4v) is 4.85. The quantitative estimate of drug-likeness (QED) is 0.217. The Morgan fingerprint density at radius 3 is 2.58 bits per heavy atom. The van der Waals surface area contributed by atoms with E-state index in [9.17, 15) is 13.2 Å². The molecule has 0 saturated carbocycles. The summed E-state index contributed by atoms with van der Waals surface area (Å²) in [5.41, 5.74) is 2.15. The number of aromatic nitrogens is 1. The summed E-state index contributed by atoms with van der Waals surface area (Å²) in [6, 6.07) is 19.9. The van der Waals surface area contributed by atoms with Gasteiger partial charge in [-0.1, -0.05) is 17.7 Å². The summed E-state index contributed by atoms with van der Waals surface area (Å²) >= 11 is 6.03. The van der Waals surface area contributed by atoms with E-state index in [4.69, 9.17) is 21.1 Å². The molecule has 1 aromatic heterocycles. The fourth-order valence-electron chi connectivity index (χ4n) is 3.63. The lowest BCUT2D eigenvalue weighted by Crippen LogP contribution is -2.30. The number of carbonyl (C=O) groups excluding carboxylic acids is 1. The average Bonchev–Trinajstić information content (AvgIpc) is 2.91. The van der Waals surface area contributed by atoms with Crippen LogP contribution < -0.4 is 24.8 Å². The molecule has 0 bridgehead atoms. The van der Waals surface area contributed by atoms with E-state index in [-0.39, 0.29) is 17.4 Å². The highest BCUT2D eigenvalue weighted by Crippen LogP contribution is 2.24. The molecule has 0 atom stereocenters. The summed E-state index contributed by atoms with van der Waals surface area (Å²) < 4.78 is 38.4. The lowest BCUT2D eigenvalue weighted by atomic mass is 10.2. The number of methoxy groups -OCH3 is 1. The maximum Gasteiger partial charge on any atom is 0.261 e. The third-order valence-electron chi connectivity index (χ3n) is 5.52. The van der Waals surface area contributed by atoms with Crippen molar-refractivity contribution in [3.05, 3.63) is 84.0 Å². The van der Waals surface area contributed by atoms with Crippen molar-refractivity contribution >= 4 is 49.8 Å². The molecule has 1 heterocycles. The second kappa shape index (κ2) is 12.5. The number of fused-ring (bicyclic) bond motifs is 1. The third kappa shape index (κ3) is 7.27. The number of hydrogen-bond donors (Lipinski definition) is 3. The molecule has 0 radical (unpaired) electrons. The monoisotopic (exact) mass is 554 g/mol. The van der Waals surface area contributed by atoms with Crippen LogP contribution in [0.15, 0.2) is 83.9 Å². The highest BCUT2D eigenvalue weighted by Gasteiger charge is 2.15. The first-order valence-electron chi connectivity index (χ1n) is 11.8. The number of sulfonamides is 1. The molecule has 0 aliphatic carbocycles. The molecule has 4 aromatic rings. The molecule has 9 nitrogen and oxygen atoms in total. The van der Waals surface area contributed by atoms with Crippen LogP contribution >= 0.6 is 11.6 Å². The van der Waals surface area contributed by atoms with Gasteiger partial charge in [-0.2, -0.15) is 0 Å². The van der Waals surface area contributed by atoms with Crippen LogP contribution in [-0.4, -0.2) is 46.1 Å². The van der Waals surface area contributed by atoms with Gasteiger partial charge in [-0.25, -0.2) is 8.42 Å². The first-order valence-corrected chi connectivity index (χ1v) is 13.6. The second-order valence-corrected chi connectivity index (χ2v) is 10.4. The van der Waals surface area contributed by atoms with Gasteiger partial charge in [0.05, 0.1) is 23.2 Å². The molecular weight excluding hydrogens is 528 g/mol. The lowest BCUT2D eigenvalue weighted by Gasteiger charge is -2.11. The molecule has 3 aromatic carbocycles. The zero-order valence-corrected chi connectivity index (χ0v) is 22.2. The van der Waals surface area contributed by atoms with Gasteiger partial charge in [0.1, 0.15) is 11.5 Å². The summed E-state index contributed by atoms with van der Waals surface area (Å²) in [5, 5.41) is 7.77. The van der Waals surface area contributed by atoms with Gasteiger partial charge in [0.2, 0.25) is 0 Å². The SMILES string of the molecule is COc1cccc(NS(=O)(=O)c2ccc(OCC(=O)NCCCNc3ccnc4cc(Cl)ccc34)cc2)c1. The minimum absolute atomic E-state index is 0.0645. The predicted octanol–water partition coefficient (Wildman–Crippen LogP) is 4.69. The van der Waals surface area contributed by atoms with Crippen LogP contribution in [0.1, 0.15) is 6.42 Å². The summed E-state index contributed by atoms with van der Waals surface area (Å²) in [5.74, 6) is 0.647. The normalized spacial score (nSPS) is 11.1. The van der Waals surface area contributed by atoms with Crippen molar-refractivity contribution in [3.8, 4) is 11.5 Å². The highest BCUT2D eigenvalue weighted by atomic mass is 35.5. The molecule has 1 amide bonds. The molecule has 0 spiro atoms. The van der Waals surface area contributed by atoms with E-state index in [1.165, 1.54) is 31.4 Å². The molecule has 0 saturated heterocycles. The minimum atomic E-state index is -3.79. The Balaban J connectivity index is 1.19. The number of hydrogen-bond acceptors (Lipinski definition) is 7. The molecular formula is C27H27ClN4O5S. The molecule has 11 heteroatoms. The Bertz CT molecular complexity index is 1510. The number of carbonyl (C=O) groups is 1. The van der Waals surface area contributed by atoms with Crippen molar-refractivity contribution in [3.63, 3.8) is 0 Å². The number of anilines is 2. The number of rotatable bonds is 12. The first-order chi connectivity index (χ1) is 18.3. The topological polar surface area (TPSA) is 119 Å². The Morgan fingerprint density at radius 2 is 1.79 bits per heavy atom.